The van der Waals surface area contributed by atoms with Crippen molar-refractivity contribution in [2.45, 2.75) is 6.42 Å². The van der Waals surface area contributed by atoms with Gasteiger partial charge in [-0.15, -0.1) is 3.89 Å². The van der Waals surface area contributed by atoms with Crippen LogP contribution in [-0.2, 0) is 15.0 Å². The summed E-state index contributed by atoms with van der Waals surface area (Å²) in [7, 11) is -4.62. The minimum atomic E-state index is -4.62. The third-order valence-electron chi connectivity index (χ3n) is 2.62. The molecule has 1 aliphatic rings. The number of hydrogen-bond donors (Lipinski definition) is 0. The highest BCUT2D eigenvalue weighted by Crippen LogP contribution is 2.24. The maximum atomic E-state index is 12.9. The highest BCUT2D eigenvalue weighted by atomic mass is 32.3. The number of amides is 1. The van der Waals surface area contributed by atoms with Crippen LogP contribution in [0.3, 0.4) is 0 Å². The van der Waals surface area contributed by atoms with Crippen molar-refractivity contribution in [2.75, 3.05) is 17.2 Å². The number of carbonyl (C=O) groups excluding carboxylic acids is 1. The van der Waals surface area contributed by atoms with Crippen LogP contribution in [0.25, 0.3) is 0 Å². The van der Waals surface area contributed by atoms with Crippen LogP contribution in [0.1, 0.15) is 6.42 Å². The van der Waals surface area contributed by atoms with Crippen molar-refractivity contribution in [1.29, 1.82) is 0 Å². The van der Waals surface area contributed by atoms with Crippen LogP contribution in [0, 0.1) is 11.9 Å². The van der Waals surface area contributed by atoms with E-state index in [1.54, 1.807) is 0 Å². The second kappa shape index (κ2) is 4.60. The number of hydrogen-bond acceptors (Lipinski definition) is 4. The van der Waals surface area contributed by atoms with Crippen molar-refractivity contribution >= 4 is 21.9 Å². The molecule has 1 saturated heterocycles. The quantitative estimate of drug-likeness (QED) is 0.607. The van der Waals surface area contributed by atoms with Crippen molar-refractivity contribution in [1.82, 2.24) is 4.98 Å². The van der Waals surface area contributed by atoms with Gasteiger partial charge in [-0.25, -0.2) is 4.98 Å². The number of carbonyl (C=O) groups is 1. The minimum Gasteiger partial charge on any atom is -0.296 e. The topological polar surface area (TPSA) is 67.3 Å². The van der Waals surface area contributed by atoms with Gasteiger partial charge in [0.1, 0.15) is 5.82 Å². The molecule has 2 heterocycles. The van der Waals surface area contributed by atoms with Crippen molar-refractivity contribution in [3.05, 3.63) is 24.1 Å². The van der Waals surface area contributed by atoms with Crippen molar-refractivity contribution in [3.8, 4) is 0 Å². The molecule has 1 atom stereocenters. The van der Waals surface area contributed by atoms with Gasteiger partial charge in [-0.05, 0) is 12.1 Å². The molecule has 5 nitrogen and oxygen atoms in total. The van der Waals surface area contributed by atoms with E-state index >= 15 is 0 Å². The summed E-state index contributed by atoms with van der Waals surface area (Å²) >= 11 is 0. The summed E-state index contributed by atoms with van der Waals surface area (Å²) in [6.07, 6.45) is -0.0820. The van der Waals surface area contributed by atoms with Gasteiger partial charge in [-0.3, -0.25) is 9.69 Å². The summed E-state index contributed by atoms with van der Waals surface area (Å²) in [5.74, 6) is -2.34. The molecule has 1 aliphatic heterocycles. The molecule has 0 saturated carbocycles. The number of anilines is 1. The van der Waals surface area contributed by atoms with E-state index in [0.29, 0.717) is 0 Å². The maximum absolute atomic E-state index is 12.9. The first-order valence-electron chi connectivity index (χ1n) is 5.20. The summed E-state index contributed by atoms with van der Waals surface area (Å²) in [6.45, 7) is 0.0262. The maximum Gasteiger partial charge on any atom is 0.302 e. The Morgan fingerprint density at radius 2 is 2.17 bits per heavy atom. The monoisotopic (exact) mass is 276 g/mol. The zero-order valence-corrected chi connectivity index (χ0v) is 10.0. The van der Waals surface area contributed by atoms with Crippen LogP contribution in [-0.4, -0.2) is 31.6 Å². The van der Waals surface area contributed by atoms with Gasteiger partial charge in [0.25, 0.3) is 0 Å². The van der Waals surface area contributed by atoms with E-state index < -0.39 is 27.8 Å². The smallest absolute Gasteiger partial charge is 0.296 e. The van der Waals surface area contributed by atoms with Gasteiger partial charge in [0.05, 0.1) is 5.75 Å². The van der Waals surface area contributed by atoms with Crippen LogP contribution < -0.4 is 4.90 Å². The van der Waals surface area contributed by atoms with E-state index in [2.05, 4.69) is 4.98 Å². The average Bonchev–Trinajstić information content (AvgIpc) is 2.56. The van der Waals surface area contributed by atoms with Crippen molar-refractivity contribution in [3.63, 3.8) is 0 Å². The van der Waals surface area contributed by atoms with E-state index in [0.717, 1.165) is 6.07 Å². The van der Waals surface area contributed by atoms with E-state index in [9.17, 15) is 21.5 Å². The first-order valence-corrected chi connectivity index (χ1v) is 6.76. The molecule has 1 aromatic heterocycles. The number of halogens is 2. The summed E-state index contributed by atoms with van der Waals surface area (Å²) in [5.41, 5.74) is 0. The second-order valence-electron chi connectivity index (χ2n) is 4.10. The zero-order valence-electron chi connectivity index (χ0n) is 9.21. The normalized spacial score (nSPS) is 20.4. The van der Waals surface area contributed by atoms with Gasteiger partial charge in [-0.2, -0.15) is 12.8 Å². The molecule has 18 heavy (non-hydrogen) atoms. The number of pyridine rings is 1. The Labute approximate surface area is 103 Å². The molecule has 2 rings (SSSR count). The minimum absolute atomic E-state index is 0.0262. The first-order chi connectivity index (χ1) is 8.35. The molecular formula is C10H10F2N2O3S. The molecule has 1 aromatic rings. The summed E-state index contributed by atoms with van der Waals surface area (Å²) in [5, 5.41) is 0. The van der Waals surface area contributed by atoms with Gasteiger partial charge >= 0.3 is 10.2 Å². The SMILES string of the molecule is O=C1CC(CS(=O)(=O)F)CN1c1cccc(F)n1. The average molecular weight is 276 g/mol. The lowest BCUT2D eigenvalue weighted by atomic mass is 10.1. The van der Waals surface area contributed by atoms with Crippen molar-refractivity contribution < 1.29 is 21.5 Å². The van der Waals surface area contributed by atoms with Crippen molar-refractivity contribution in [2.24, 2.45) is 5.92 Å². The molecule has 0 aliphatic carbocycles. The lowest BCUT2D eigenvalue weighted by Crippen LogP contribution is -2.26. The molecule has 1 unspecified atom stereocenters. The second-order valence-corrected chi connectivity index (χ2v) is 5.51. The Morgan fingerprint density at radius 3 is 2.78 bits per heavy atom. The zero-order chi connectivity index (χ0) is 13.3. The molecule has 0 radical (unpaired) electrons. The van der Waals surface area contributed by atoms with Crippen LogP contribution in [0.4, 0.5) is 14.1 Å². The highest BCUT2D eigenvalue weighted by molar-refractivity contribution is 7.86. The summed E-state index contributed by atoms with van der Waals surface area (Å²) in [6, 6.07) is 3.96. The molecule has 1 fully saturated rings. The Hall–Kier alpha value is -1.57. The number of nitrogens with zero attached hydrogens (tertiary/aromatic N) is 2. The molecule has 0 spiro atoms. The Morgan fingerprint density at radius 1 is 1.44 bits per heavy atom. The number of rotatable bonds is 3. The highest BCUT2D eigenvalue weighted by Gasteiger charge is 2.34. The predicted molar refractivity (Wildman–Crippen MR) is 59.5 cm³/mol. The Balaban J connectivity index is 2.15. The summed E-state index contributed by atoms with van der Waals surface area (Å²) < 4.78 is 46.5. The third-order valence-corrected chi connectivity index (χ3v) is 3.49. The standard InChI is InChI=1S/C10H10F2N2O3S/c11-8-2-1-3-9(13-8)14-5-7(4-10(14)15)6-18(12,16)17/h1-3,7H,4-6H2. The van der Waals surface area contributed by atoms with Gasteiger partial charge in [0.15, 0.2) is 0 Å². The molecular weight excluding hydrogens is 266 g/mol. The lowest BCUT2D eigenvalue weighted by Gasteiger charge is -2.14. The van der Waals surface area contributed by atoms with Crippen LogP contribution >= 0.6 is 0 Å². The fourth-order valence-corrected chi connectivity index (χ4v) is 2.73. The van der Waals surface area contributed by atoms with Gasteiger partial charge < -0.3 is 0 Å². The lowest BCUT2D eigenvalue weighted by molar-refractivity contribution is -0.117. The Kier molecular flexibility index (Phi) is 3.29. The number of aromatic nitrogens is 1. The molecule has 98 valence electrons. The van der Waals surface area contributed by atoms with E-state index in [1.165, 1.54) is 17.0 Å². The molecule has 0 N–H and O–H groups in total. The molecule has 8 heteroatoms. The van der Waals surface area contributed by atoms with E-state index in [1.807, 2.05) is 0 Å². The Bertz CT molecular complexity index is 576. The van der Waals surface area contributed by atoms with Crippen LogP contribution in [0.5, 0.6) is 0 Å². The fraction of sp³-hybridized carbons (Fsp3) is 0.400. The largest absolute Gasteiger partial charge is 0.302 e. The van der Waals surface area contributed by atoms with E-state index in [-0.39, 0.29) is 24.7 Å². The van der Waals surface area contributed by atoms with Gasteiger partial charge in [0.2, 0.25) is 11.9 Å². The molecule has 0 bridgehead atoms. The molecule has 0 aromatic carbocycles. The van der Waals surface area contributed by atoms with Crippen LogP contribution in [0.15, 0.2) is 18.2 Å². The molecule has 1 amide bonds. The predicted octanol–water partition coefficient (Wildman–Crippen LogP) is 0.873. The third kappa shape index (κ3) is 3.00. The van der Waals surface area contributed by atoms with Crippen LogP contribution in [0.2, 0.25) is 0 Å². The first kappa shape index (κ1) is 12.9. The van der Waals surface area contributed by atoms with E-state index in [4.69, 9.17) is 0 Å². The van der Waals surface area contributed by atoms with Gasteiger partial charge in [-0.1, -0.05) is 6.07 Å². The van der Waals surface area contributed by atoms with Gasteiger partial charge in [0, 0.05) is 18.9 Å². The fourth-order valence-electron chi connectivity index (χ4n) is 1.94. The summed E-state index contributed by atoms with van der Waals surface area (Å²) in [4.78, 5) is 16.3.